The number of anilines is 4. The number of aliphatic imine (C=N–C) groups is 1. The summed E-state index contributed by atoms with van der Waals surface area (Å²) in [6.07, 6.45) is 3.82. The Morgan fingerprint density at radius 2 is 1.31 bits per heavy atom. The van der Waals surface area contributed by atoms with Gasteiger partial charge in [0.1, 0.15) is 25.3 Å². The van der Waals surface area contributed by atoms with Gasteiger partial charge in [-0.1, -0.05) is 36.4 Å². The lowest BCUT2D eigenvalue weighted by Gasteiger charge is -2.22. The van der Waals surface area contributed by atoms with Gasteiger partial charge in [0.15, 0.2) is 23.0 Å². The van der Waals surface area contributed by atoms with Crippen molar-refractivity contribution in [1.82, 2.24) is 10.6 Å². The molecule has 0 saturated heterocycles. The average Bonchev–Trinajstić information content (AvgIpc) is 3.86. The highest BCUT2D eigenvalue weighted by Crippen LogP contribution is 2.43. The number of unbranched alkanes of at least 4 members (excludes halogenated alkanes) is 1. The van der Waals surface area contributed by atoms with E-state index in [1.807, 2.05) is 59.5 Å². The maximum absolute atomic E-state index is 14.1. The number of carboxylic acid groups (broad SMARTS) is 1. The predicted octanol–water partition coefficient (Wildman–Crippen LogP) is 6.74. The van der Waals surface area contributed by atoms with Crippen LogP contribution in [0.15, 0.2) is 96.0 Å². The van der Waals surface area contributed by atoms with Crippen molar-refractivity contribution in [2.75, 3.05) is 41.2 Å². The predicted molar refractivity (Wildman–Crippen MR) is 269 cm³/mol. The van der Waals surface area contributed by atoms with Crippen LogP contribution >= 0.6 is 0 Å². The van der Waals surface area contributed by atoms with Crippen molar-refractivity contribution in [1.29, 1.82) is 0 Å². The first-order chi connectivity index (χ1) is 34.8. The largest absolute Gasteiger partial charge is 0.493 e. The van der Waals surface area contributed by atoms with Gasteiger partial charge in [-0.15, -0.1) is 0 Å². The van der Waals surface area contributed by atoms with Crippen LogP contribution in [-0.4, -0.2) is 91.8 Å². The fraction of sp³-hybridized carbons (Fsp3) is 0.315. The zero-order valence-corrected chi connectivity index (χ0v) is 40.3. The molecule has 372 valence electrons. The number of hydrogen-bond acceptors (Lipinski definition) is 12. The average molecular weight is 978 g/mol. The lowest BCUT2D eigenvalue weighted by Crippen LogP contribution is -2.50. The maximum Gasteiger partial charge on any atom is 0.303 e. The molecule has 5 aromatic rings. The van der Waals surface area contributed by atoms with Crippen LogP contribution in [0.2, 0.25) is 0 Å². The van der Waals surface area contributed by atoms with Gasteiger partial charge >= 0.3 is 5.97 Å². The molecule has 72 heavy (non-hydrogen) atoms. The highest BCUT2D eigenvalue weighted by Gasteiger charge is 2.39. The van der Waals surface area contributed by atoms with Gasteiger partial charge in [0.2, 0.25) is 17.7 Å². The summed E-state index contributed by atoms with van der Waals surface area (Å²) in [7, 11) is 2.99. The van der Waals surface area contributed by atoms with E-state index in [9.17, 15) is 28.8 Å². The lowest BCUT2D eigenvalue weighted by atomic mass is 10.1. The summed E-state index contributed by atoms with van der Waals surface area (Å²) in [4.78, 5) is 86.5. The van der Waals surface area contributed by atoms with Crippen molar-refractivity contribution in [2.45, 2.75) is 89.8 Å². The monoisotopic (exact) mass is 977 g/mol. The zero-order valence-electron chi connectivity index (χ0n) is 40.3. The minimum Gasteiger partial charge on any atom is -0.493 e. The maximum atomic E-state index is 14.1. The number of fused-ring (bicyclic) bond motifs is 8. The summed E-state index contributed by atoms with van der Waals surface area (Å²) in [6, 6.07) is 25.4. The SMILES string of the molecule is COc1cc2c(cc1OCc1cc(COc3cc4c(cc3OC)C(=O)N3c5ccccc5C[C@H]3CN4)cc(NC(=O)[C@H](C)NC(=O)[C@H](C)NC(=O)CCCCC(=O)O)c1)N=C[C@H]1Cc3ccccc3N1C2=O. The van der Waals surface area contributed by atoms with Gasteiger partial charge in [-0.25, -0.2) is 0 Å². The molecule has 0 bridgehead atoms. The fourth-order valence-corrected chi connectivity index (χ4v) is 9.52. The molecular formula is C54H55N7O11. The number of carbonyl (C=O) groups is 6. The van der Waals surface area contributed by atoms with E-state index in [4.69, 9.17) is 29.0 Å². The molecule has 4 aliphatic rings. The molecule has 0 saturated carbocycles. The molecule has 0 radical (unpaired) electrons. The standard InChI is InChI=1S/C54H55N7O11/c1-30(57-49(62)15-9-10-16-50(63)64)51(65)58-31(2)52(66)59-36-18-32(28-71-47-24-41-39(22-45(47)69-3)53(67)60-37(26-55-41)20-34-11-5-7-13-43(34)60)17-33(19-36)29-72-48-25-42-40(23-46(48)70-4)54(68)61-38(27-56-42)21-35-12-6-8-14-44(35)61/h5-8,11-14,17-19,22-26,30-31,37-38,56H,9-10,15-16,20-21,27-29H2,1-4H3,(H,57,62)(H,58,65)(H,59,66)(H,63,64)/t30-,31-,37+,38-/m0/s1. The molecule has 0 aliphatic carbocycles. The summed E-state index contributed by atoms with van der Waals surface area (Å²) >= 11 is 0. The Morgan fingerprint density at radius 3 is 1.99 bits per heavy atom. The van der Waals surface area contributed by atoms with Gasteiger partial charge in [0, 0.05) is 61.2 Å². The molecule has 18 nitrogen and oxygen atoms in total. The summed E-state index contributed by atoms with van der Waals surface area (Å²) in [6.45, 7) is 3.49. The first-order valence-corrected chi connectivity index (χ1v) is 23.8. The summed E-state index contributed by atoms with van der Waals surface area (Å²) in [5, 5.41) is 20.4. The number of nitrogens with one attached hydrogen (secondary N) is 4. The number of amides is 5. The molecule has 0 fully saturated rings. The Bertz CT molecular complexity index is 3010. The third-order valence-corrected chi connectivity index (χ3v) is 13.2. The molecule has 5 amide bonds. The summed E-state index contributed by atoms with van der Waals surface area (Å²) in [5.74, 6) is -1.49. The zero-order chi connectivity index (χ0) is 50.6. The van der Waals surface area contributed by atoms with E-state index in [0.29, 0.717) is 88.1 Å². The van der Waals surface area contributed by atoms with E-state index in [1.54, 1.807) is 47.5 Å². The number of aliphatic carboxylic acids is 1. The van der Waals surface area contributed by atoms with Gasteiger partial charge in [-0.3, -0.25) is 38.7 Å². The number of rotatable bonds is 18. The first-order valence-electron chi connectivity index (χ1n) is 23.8. The number of methoxy groups -OCH3 is 2. The number of benzene rings is 5. The minimum absolute atomic E-state index is 0.0124. The second-order valence-electron chi connectivity index (χ2n) is 18.2. The third kappa shape index (κ3) is 10.2. The Morgan fingerprint density at radius 1 is 0.708 bits per heavy atom. The number of carbonyl (C=O) groups excluding carboxylic acids is 5. The summed E-state index contributed by atoms with van der Waals surface area (Å²) < 4.78 is 24.3. The fourth-order valence-electron chi connectivity index (χ4n) is 9.52. The number of para-hydroxylation sites is 2. The smallest absolute Gasteiger partial charge is 0.303 e. The molecule has 0 unspecified atom stereocenters. The van der Waals surface area contributed by atoms with E-state index < -0.39 is 35.8 Å². The van der Waals surface area contributed by atoms with Gasteiger partial charge in [-0.2, -0.15) is 0 Å². The summed E-state index contributed by atoms with van der Waals surface area (Å²) in [5.41, 5.74) is 7.34. The Kier molecular flexibility index (Phi) is 14.1. The first kappa shape index (κ1) is 48.6. The van der Waals surface area contributed by atoms with Crippen LogP contribution in [0.5, 0.6) is 23.0 Å². The molecule has 9 rings (SSSR count). The van der Waals surface area contributed by atoms with Gasteiger partial charge in [-0.05, 0) is 97.8 Å². The van der Waals surface area contributed by atoms with Crippen LogP contribution in [0.4, 0.5) is 28.4 Å². The molecule has 4 atom stereocenters. The molecule has 5 N–H and O–H groups in total. The molecule has 4 heterocycles. The van der Waals surface area contributed by atoms with Crippen LogP contribution < -0.4 is 50.0 Å². The van der Waals surface area contributed by atoms with Crippen molar-refractivity contribution in [3.63, 3.8) is 0 Å². The molecule has 4 aliphatic heterocycles. The van der Waals surface area contributed by atoms with Gasteiger partial charge in [0.05, 0.1) is 48.8 Å². The normalized spacial score (nSPS) is 16.7. The molecule has 0 spiro atoms. The Balaban J connectivity index is 0.939. The van der Waals surface area contributed by atoms with Crippen LogP contribution in [0, 0.1) is 0 Å². The van der Waals surface area contributed by atoms with E-state index in [1.165, 1.54) is 28.1 Å². The Labute approximate surface area is 415 Å². The molecule has 5 aromatic carbocycles. The molecular weight excluding hydrogens is 923 g/mol. The lowest BCUT2D eigenvalue weighted by molar-refractivity contribution is -0.137. The topological polar surface area (TPSA) is 227 Å². The minimum atomic E-state index is -1.04. The quantitative estimate of drug-likeness (QED) is 0.0576. The number of carboxylic acids is 1. The second-order valence-corrected chi connectivity index (χ2v) is 18.2. The van der Waals surface area contributed by atoms with Crippen molar-refractivity contribution in [3.05, 3.63) is 124 Å². The van der Waals surface area contributed by atoms with Gasteiger partial charge in [0.25, 0.3) is 11.8 Å². The third-order valence-electron chi connectivity index (χ3n) is 13.2. The van der Waals surface area contributed by atoms with E-state index in [2.05, 4.69) is 21.3 Å². The van der Waals surface area contributed by atoms with Gasteiger partial charge < -0.3 is 50.2 Å². The van der Waals surface area contributed by atoms with Crippen LogP contribution in [-0.2, 0) is 45.2 Å². The number of hydrogen-bond donors (Lipinski definition) is 5. The molecule has 0 aromatic heterocycles. The number of nitrogens with zero attached hydrogens (tertiary/aromatic N) is 3. The van der Waals surface area contributed by atoms with Crippen molar-refractivity contribution >= 4 is 70.2 Å². The Hall–Kier alpha value is -8.41. The van der Waals surface area contributed by atoms with E-state index in [-0.39, 0.29) is 50.0 Å². The number of ether oxygens (including phenoxy) is 4. The van der Waals surface area contributed by atoms with Crippen molar-refractivity contribution in [2.24, 2.45) is 4.99 Å². The van der Waals surface area contributed by atoms with Crippen LogP contribution in [0.3, 0.4) is 0 Å². The highest BCUT2D eigenvalue weighted by atomic mass is 16.5. The van der Waals surface area contributed by atoms with E-state index >= 15 is 0 Å². The van der Waals surface area contributed by atoms with Crippen molar-refractivity contribution < 1.29 is 52.8 Å². The van der Waals surface area contributed by atoms with Crippen molar-refractivity contribution in [3.8, 4) is 23.0 Å². The molecule has 18 heteroatoms. The highest BCUT2D eigenvalue weighted by molar-refractivity contribution is 6.15. The second kappa shape index (κ2) is 20.9. The van der Waals surface area contributed by atoms with Crippen LogP contribution in [0.25, 0.3) is 0 Å². The van der Waals surface area contributed by atoms with E-state index in [0.717, 1.165) is 28.9 Å². The van der Waals surface area contributed by atoms with Crippen LogP contribution in [0.1, 0.15) is 82.5 Å².